The Hall–Kier alpha value is -2.37. The number of carbonyl (C=O) groups excluding carboxylic acids is 1. The first-order chi connectivity index (χ1) is 14.1. The standard InChI is InChI=1S/C20H29N7O2.HI/c1-14-25-26-18(27(14)2)13-24-20(22-11-10-21-19(28)16-6-7-16)23-12-15-4-8-17(29-3)9-5-15;/h4-5,8-9,16H,6-7,10-13H2,1-3H3,(H,21,28)(H2,22,23,24);1H. The van der Waals surface area contributed by atoms with E-state index in [1.165, 1.54) is 0 Å². The van der Waals surface area contributed by atoms with Crippen molar-refractivity contribution in [3.05, 3.63) is 41.5 Å². The number of benzene rings is 1. The lowest BCUT2D eigenvalue weighted by Gasteiger charge is -2.13. The molecule has 1 aromatic carbocycles. The molecule has 0 aliphatic heterocycles. The van der Waals surface area contributed by atoms with Crippen molar-refractivity contribution in [3.63, 3.8) is 0 Å². The van der Waals surface area contributed by atoms with Crippen LogP contribution in [0.4, 0.5) is 0 Å². The van der Waals surface area contributed by atoms with Crippen LogP contribution in [0.25, 0.3) is 0 Å². The van der Waals surface area contributed by atoms with E-state index in [0.29, 0.717) is 32.1 Å². The summed E-state index contributed by atoms with van der Waals surface area (Å²) in [6.07, 6.45) is 2.01. The fourth-order valence-corrected chi connectivity index (χ4v) is 2.70. The number of guanidine groups is 1. The number of nitrogens with zero attached hydrogens (tertiary/aromatic N) is 4. The molecule has 1 aromatic heterocycles. The quantitative estimate of drug-likeness (QED) is 0.198. The molecular formula is C20H30IN7O2. The normalized spacial score (nSPS) is 13.4. The first-order valence-corrected chi connectivity index (χ1v) is 9.84. The zero-order chi connectivity index (χ0) is 20.6. The number of aryl methyl sites for hydroxylation is 1. The van der Waals surface area contributed by atoms with Crippen LogP contribution >= 0.6 is 24.0 Å². The van der Waals surface area contributed by atoms with Crippen molar-refractivity contribution >= 4 is 35.8 Å². The van der Waals surface area contributed by atoms with Crippen LogP contribution in [0.1, 0.15) is 30.1 Å². The third kappa shape index (κ3) is 7.15. The Bertz CT molecular complexity index is 847. The average Bonchev–Trinajstić information content (AvgIpc) is 3.54. The second-order valence-electron chi connectivity index (χ2n) is 7.08. The third-order valence-corrected chi connectivity index (χ3v) is 4.84. The summed E-state index contributed by atoms with van der Waals surface area (Å²) in [7, 11) is 3.58. The Morgan fingerprint density at radius 2 is 1.87 bits per heavy atom. The van der Waals surface area contributed by atoms with Crippen LogP contribution < -0.4 is 20.7 Å². The molecule has 0 atom stereocenters. The molecule has 0 bridgehead atoms. The number of amides is 1. The van der Waals surface area contributed by atoms with Crippen LogP contribution in [0.15, 0.2) is 29.3 Å². The van der Waals surface area contributed by atoms with E-state index in [0.717, 1.165) is 35.8 Å². The Labute approximate surface area is 194 Å². The molecule has 0 saturated heterocycles. The van der Waals surface area contributed by atoms with Crippen molar-refractivity contribution in [1.29, 1.82) is 0 Å². The van der Waals surface area contributed by atoms with Gasteiger partial charge in [-0.1, -0.05) is 12.1 Å². The van der Waals surface area contributed by atoms with Gasteiger partial charge < -0.3 is 25.3 Å². The Morgan fingerprint density at radius 1 is 1.17 bits per heavy atom. The maximum Gasteiger partial charge on any atom is 0.223 e. The zero-order valence-electron chi connectivity index (χ0n) is 17.6. The van der Waals surface area contributed by atoms with Crippen LogP contribution in [0, 0.1) is 12.8 Å². The van der Waals surface area contributed by atoms with Crippen LogP contribution in [0.2, 0.25) is 0 Å². The molecule has 3 N–H and O–H groups in total. The number of nitrogens with one attached hydrogen (secondary N) is 3. The van der Waals surface area contributed by atoms with E-state index in [-0.39, 0.29) is 35.8 Å². The maximum atomic E-state index is 11.8. The summed E-state index contributed by atoms with van der Waals surface area (Å²) in [6.45, 7) is 4.08. The lowest BCUT2D eigenvalue weighted by atomic mass is 10.2. The summed E-state index contributed by atoms with van der Waals surface area (Å²) in [5.41, 5.74) is 1.07. The highest BCUT2D eigenvalue weighted by atomic mass is 127. The van der Waals surface area contributed by atoms with Gasteiger partial charge in [0.05, 0.1) is 20.2 Å². The van der Waals surface area contributed by atoms with Gasteiger partial charge in [0.15, 0.2) is 11.8 Å². The number of hydrogen-bond donors (Lipinski definition) is 3. The molecule has 1 heterocycles. The van der Waals surface area contributed by atoms with Crippen molar-refractivity contribution in [3.8, 4) is 5.75 Å². The molecule has 0 spiro atoms. The number of halogens is 1. The predicted molar refractivity (Wildman–Crippen MR) is 126 cm³/mol. The van der Waals surface area contributed by atoms with Gasteiger partial charge in [0.25, 0.3) is 0 Å². The summed E-state index contributed by atoms with van der Waals surface area (Å²) in [6, 6.07) is 7.81. The van der Waals surface area contributed by atoms with Gasteiger partial charge in [-0.15, -0.1) is 34.2 Å². The second kappa shape index (κ2) is 11.7. The molecule has 9 nitrogen and oxygen atoms in total. The van der Waals surface area contributed by atoms with Crippen molar-refractivity contribution in [2.75, 3.05) is 20.2 Å². The number of ether oxygens (including phenoxy) is 1. The van der Waals surface area contributed by atoms with Crippen molar-refractivity contribution in [2.24, 2.45) is 18.0 Å². The highest BCUT2D eigenvalue weighted by molar-refractivity contribution is 14.0. The molecular weight excluding hydrogens is 497 g/mol. The molecule has 1 fully saturated rings. The summed E-state index contributed by atoms with van der Waals surface area (Å²) in [4.78, 5) is 16.4. The molecule has 1 aliphatic rings. The van der Waals surface area contributed by atoms with Gasteiger partial charge in [-0.05, 0) is 37.5 Å². The van der Waals surface area contributed by atoms with E-state index in [1.807, 2.05) is 42.8 Å². The van der Waals surface area contributed by atoms with Crippen molar-refractivity contribution in [2.45, 2.75) is 32.9 Å². The van der Waals surface area contributed by atoms with E-state index < -0.39 is 0 Å². The highest BCUT2D eigenvalue weighted by Crippen LogP contribution is 2.28. The molecule has 164 valence electrons. The monoisotopic (exact) mass is 527 g/mol. The Kier molecular flexibility index (Phi) is 9.34. The van der Waals surface area contributed by atoms with Crippen LogP contribution in [-0.2, 0) is 24.9 Å². The number of hydrogen-bond acceptors (Lipinski definition) is 5. The lowest BCUT2D eigenvalue weighted by Crippen LogP contribution is -2.41. The number of aromatic nitrogens is 3. The predicted octanol–water partition coefficient (Wildman–Crippen LogP) is 1.51. The first-order valence-electron chi connectivity index (χ1n) is 9.84. The molecule has 10 heteroatoms. The largest absolute Gasteiger partial charge is 0.497 e. The number of methoxy groups -OCH3 is 1. The first kappa shape index (κ1) is 23.9. The minimum absolute atomic E-state index is 0. The van der Waals surface area contributed by atoms with Gasteiger partial charge in [0.1, 0.15) is 11.6 Å². The molecule has 3 rings (SSSR count). The molecule has 0 radical (unpaired) electrons. The van der Waals surface area contributed by atoms with E-state index in [1.54, 1.807) is 7.11 Å². The number of rotatable bonds is 9. The molecule has 1 amide bonds. The van der Waals surface area contributed by atoms with E-state index in [9.17, 15) is 4.79 Å². The van der Waals surface area contributed by atoms with Crippen LogP contribution in [0.3, 0.4) is 0 Å². The SMILES string of the molecule is COc1ccc(CN=C(NCCNC(=O)C2CC2)NCc2nnc(C)n2C)cc1.I. The lowest BCUT2D eigenvalue weighted by molar-refractivity contribution is -0.122. The van der Waals surface area contributed by atoms with Gasteiger partial charge in [0, 0.05) is 26.1 Å². The average molecular weight is 527 g/mol. The van der Waals surface area contributed by atoms with Gasteiger partial charge in [-0.2, -0.15) is 0 Å². The van der Waals surface area contributed by atoms with Gasteiger partial charge in [-0.25, -0.2) is 4.99 Å². The summed E-state index contributed by atoms with van der Waals surface area (Å²) in [5, 5.41) is 17.7. The molecule has 0 unspecified atom stereocenters. The van der Waals surface area contributed by atoms with Crippen LogP contribution in [0.5, 0.6) is 5.75 Å². The van der Waals surface area contributed by atoms with Crippen molar-refractivity contribution < 1.29 is 9.53 Å². The molecule has 1 aliphatic carbocycles. The van der Waals surface area contributed by atoms with E-state index >= 15 is 0 Å². The topological polar surface area (TPSA) is 105 Å². The van der Waals surface area contributed by atoms with E-state index in [2.05, 4.69) is 31.1 Å². The van der Waals surface area contributed by atoms with E-state index in [4.69, 9.17) is 4.74 Å². The van der Waals surface area contributed by atoms with Crippen molar-refractivity contribution in [1.82, 2.24) is 30.7 Å². The minimum Gasteiger partial charge on any atom is -0.497 e. The fraction of sp³-hybridized carbons (Fsp3) is 0.500. The summed E-state index contributed by atoms with van der Waals surface area (Å²) < 4.78 is 7.13. The number of aliphatic imine (C=N–C) groups is 1. The summed E-state index contributed by atoms with van der Waals surface area (Å²) >= 11 is 0. The summed E-state index contributed by atoms with van der Waals surface area (Å²) in [5.74, 6) is 3.51. The third-order valence-electron chi connectivity index (χ3n) is 4.84. The van der Waals surface area contributed by atoms with Gasteiger partial charge in [0.2, 0.25) is 5.91 Å². The molecule has 2 aromatic rings. The minimum atomic E-state index is 0. The zero-order valence-corrected chi connectivity index (χ0v) is 20.0. The molecule has 30 heavy (non-hydrogen) atoms. The smallest absolute Gasteiger partial charge is 0.223 e. The Balaban J connectivity index is 0.00000320. The Morgan fingerprint density at radius 3 is 2.47 bits per heavy atom. The van der Waals surface area contributed by atoms with Crippen LogP contribution in [-0.4, -0.2) is 46.8 Å². The molecule has 1 saturated carbocycles. The van der Waals surface area contributed by atoms with Gasteiger partial charge >= 0.3 is 0 Å². The number of carbonyl (C=O) groups is 1. The second-order valence-corrected chi connectivity index (χ2v) is 7.08. The van der Waals surface area contributed by atoms with Gasteiger partial charge in [-0.3, -0.25) is 4.79 Å². The maximum absolute atomic E-state index is 11.8. The highest BCUT2D eigenvalue weighted by Gasteiger charge is 2.28. The fourth-order valence-electron chi connectivity index (χ4n) is 2.70.